The molecule has 0 saturated heterocycles. The molecule has 2 aromatic rings. The molecule has 0 spiro atoms. The highest BCUT2D eigenvalue weighted by Gasteiger charge is 2.09. The molecule has 0 aliphatic rings. The lowest BCUT2D eigenvalue weighted by molar-refractivity contribution is 0.262. The molecule has 4 nitrogen and oxygen atoms in total. The van der Waals surface area contributed by atoms with Crippen LogP contribution in [0, 0.1) is 0 Å². The molecule has 0 radical (unpaired) electrons. The first kappa shape index (κ1) is 16.0. The normalized spacial score (nSPS) is 10.5. The number of amides is 2. The summed E-state index contributed by atoms with van der Waals surface area (Å²) in [5, 5.41) is 5.77. The van der Waals surface area contributed by atoms with E-state index in [4.69, 9.17) is 0 Å². The van der Waals surface area contributed by atoms with Crippen molar-refractivity contribution in [3.63, 3.8) is 0 Å². The minimum atomic E-state index is -0.224. The molecule has 0 fully saturated rings. The molecule has 0 heterocycles. The first-order valence-corrected chi connectivity index (χ1v) is 7.66. The van der Waals surface area contributed by atoms with E-state index in [9.17, 15) is 4.79 Å². The average molecular weight is 297 g/mol. The fourth-order valence-electron chi connectivity index (χ4n) is 2.27. The number of nitrogens with one attached hydrogen (secondary N) is 2. The number of carbonyl (C=O) groups is 1. The number of para-hydroxylation sites is 2. The second kappa shape index (κ2) is 8.20. The topological polar surface area (TPSA) is 44.4 Å². The van der Waals surface area contributed by atoms with Crippen LogP contribution < -0.4 is 10.6 Å². The molecular formula is C18H23N3O. The standard InChI is InChI=1S/C18H23N3O/c1-3-21(4-2)14-15-10-8-9-13-17(15)20-18(22)19-16-11-6-5-7-12-16/h5-13H,3-4,14H2,1-2H3,(H2,19,20,22). The largest absolute Gasteiger partial charge is 0.323 e. The van der Waals surface area contributed by atoms with E-state index >= 15 is 0 Å². The van der Waals surface area contributed by atoms with Crippen LogP contribution in [0.4, 0.5) is 16.2 Å². The van der Waals surface area contributed by atoms with Crippen LogP contribution >= 0.6 is 0 Å². The Hall–Kier alpha value is -2.33. The molecule has 116 valence electrons. The fourth-order valence-corrected chi connectivity index (χ4v) is 2.27. The molecule has 4 heteroatoms. The molecule has 2 rings (SSSR count). The Kier molecular flexibility index (Phi) is 5.98. The quantitative estimate of drug-likeness (QED) is 0.840. The van der Waals surface area contributed by atoms with Crippen LogP contribution in [-0.4, -0.2) is 24.0 Å². The Morgan fingerprint density at radius 2 is 1.55 bits per heavy atom. The van der Waals surface area contributed by atoms with Gasteiger partial charge >= 0.3 is 6.03 Å². The second-order valence-electron chi connectivity index (χ2n) is 5.06. The van der Waals surface area contributed by atoms with Crippen LogP contribution in [0.1, 0.15) is 19.4 Å². The molecule has 0 bridgehead atoms. The molecule has 0 saturated carbocycles. The summed E-state index contributed by atoms with van der Waals surface area (Å²) < 4.78 is 0. The molecule has 0 aliphatic carbocycles. The second-order valence-corrected chi connectivity index (χ2v) is 5.06. The first-order chi connectivity index (χ1) is 10.7. The van der Waals surface area contributed by atoms with Crippen molar-refractivity contribution in [2.75, 3.05) is 23.7 Å². The number of hydrogen-bond acceptors (Lipinski definition) is 2. The van der Waals surface area contributed by atoms with E-state index in [2.05, 4.69) is 35.4 Å². The monoisotopic (exact) mass is 297 g/mol. The summed E-state index contributed by atoms with van der Waals surface area (Å²) in [4.78, 5) is 14.4. The zero-order chi connectivity index (χ0) is 15.8. The summed E-state index contributed by atoms with van der Waals surface area (Å²) in [6, 6.07) is 17.1. The molecule has 2 amide bonds. The van der Waals surface area contributed by atoms with Crippen molar-refractivity contribution in [2.24, 2.45) is 0 Å². The number of nitrogens with zero attached hydrogens (tertiary/aromatic N) is 1. The molecule has 0 unspecified atom stereocenters. The molecule has 22 heavy (non-hydrogen) atoms. The molecule has 0 atom stereocenters. The molecule has 2 N–H and O–H groups in total. The van der Waals surface area contributed by atoms with Gasteiger partial charge in [-0.2, -0.15) is 0 Å². The van der Waals surface area contributed by atoms with Crippen molar-refractivity contribution < 1.29 is 4.79 Å². The van der Waals surface area contributed by atoms with Crippen molar-refractivity contribution in [3.8, 4) is 0 Å². The summed E-state index contributed by atoms with van der Waals surface area (Å²) in [6.45, 7) is 7.08. The van der Waals surface area contributed by atoms with Crippen molar-refractivity contribution in [1.82, 2.24) is 4.90 Å². The first-order valence-electron chi connectivity index (χ1n) is 7.66. The number of hydrogen-bond donors (Lipinski definition) is 2. The summed E-state index contributed by atoms with van der Waals surface area (Å²) in [5.74, 6) is 0. The third-order valence-corrected chi connectivity index (χ3v) is 3.59. The summed E-state index contributed by atoms with van der Waals surface area (Å²) in [6.07, 6.45) is 0. The number of urea groups is 1. The van der Waals surface area contributed by atoms with E-state index in [-0.39, 0.29) is 6.03 Å². The van der Waals surface area contributed by atoms with E-state index in [0.29, 0.717) is 0 Å². The molecule has 0 aromatic heterocycles. The average Bonchev–Trinajstić information content (AvgIpc) is 2.55. The Morgan fingerprint density at radius 1 is 0.909 bits per heavy atom. The Labute approximate surface area is 132 Å². The lowest BCUT2D eigenvalue weighted by Gasteiger charge is -2.20. The van der Waals surface area contributed by atoms with Crippen LogP contribution in [0.3, 0.4) is 0 Å². The van der Waals surface area contributed by atoms with Gasteiger partial charge in [-0.1, -0.05) is 50.2 Å². The van der Waals surface area contributed by atoms with Gasteiger partial charge in [0.1, 0.15) is 0 Å². The van der Waals surface area contributed by atoms with Crippen molar-refractivity contribution in [1.29, 1.82) is 0 Å². The lowest BCUT2D eigenvalue weighted by Crippen LogP contribution is -2.24. The Balaban J connectivity index is 2.04. The zero-order valence-electron chi connectivity index (χ0n) is 13.2. The van der Waals surface area contributed by atoms with E-state index < -0.39 is 0 Å². The summed E-state index contributed by atoms with van der Waals surface area (Å²) in [5.41, 5.74) is 2.75. The number of anilines is 2. The third kappa shape index (κ3) is 4.60. The van der Waals surface area contributed by atoms with Crippen LogP contribution in [0.5, 0.6) is 0 Å². The highest BCUT2D eigenvalue weighted by Crippen LogP contribution is 2.17. The highest BCUT2D eigenvalue weighted by atomic mass is 16.2. The van der Waals surface area contributed by atoms with Crippen molar-refractivity contribution in [2.45, 2.75) is 20.4 Å². The van der Waals surface area contributed by atoms with E-state index in [0.717, 1.165) is 36.6 Å². The van der Waals surface area contributed by atoms with Gasteiger partial charge in [-0.3, -0.25) is 4.90 Å². The van der Waals surface area contributed by atoms with Gasteiger partial charge in [0.15, 0.2) is 0 Å². The maximum atomic E-state index is 12.1. The molecular weight excluding hydrogens is 274 g/mol. The molecule has 0 aliphatic heterocycles. The minimum Gasteiger partial charge on any atom is -0.308 e. The van der Waals surface area contributed by atoms with Crippen LogP contribution in [0.2, 0.25) is 0 Å². The number of carbonyl (C=O) groups excluding carboxylic acids is 1. The van der Waals surface area contributed by atoms with E-state index in [1.165, 1.54) is 0 Å². The van der Waals surface area contributed by atoms with Gasteiger partial charge in [-0.25, -0.2) is 4.79 Å². The summed E-state index contributed by atoms with van der Waals surface area (Å²) in [7, 11) is 0. The van der Waals surface area contributed by atoms with Crippen LogP contribution in [-0.2, 0) is 6.54 Å². The maximum absolute atomic E-state index is 12.1. The number of rotatable bonds is 6. The predicted octanol–water partition coefficient (Wildman–Crippen LogP) is 4.17. The fraction of sp³-hybridized carbons (Fsp3) is 0.278. The van der Waals surface area contributed by atoms with Gasteiger partial charge in [0.25, 0.3) is 0 Å². The van der Waals surface area contributed by atoms with E-state index in [1.54, 1.807) is 0 Å². The van der Waals surface area contributed by atoms with Gasteiger partial charge in [0.05, 0.1) is 0 Å². The van der Waals surface area contributed by atoms with Crippen molar-refractivity contribution >= 4 is 17.4 Å². The maximum Gasteiger partial charge on any atom is 0.323 e. The minimum absolute atomic E-state index is 0.224. The van der Waals surface area contributed by atoms with E-state index in [1.807, 2.05) is 48.5 Å². The molecule has 2 aromatic carbocycles. The van der Waals surface area contributed by atoms with Gasteiger partial charge in [0.2, 0.25) is 0 Å². The highest BCUT2D eigenvalue weighted by molar-refractivity contribution is 6.00. The third-order valence-electron chi connectivity index (χ3n) is 3.59. The van der Waals surface area contributed by atoms with Crippen LogP contribution in [0.15, 0.2) is 54.6 Å². The summed E-state index contributed by atoms with van der Waals surface area (Å²) >= 11 is 0. The lowest BCUT2D eigenvalue weighted by atomic mass is 10.1. The zero-order valence-corrected chi connectivity index (χ0v) is 13.2. The SMILES string of the molecule is CCN(CC)Cc1ccccc1NC(=O)Nc1ccccc1. The van der Waals surface area contributed by atoms with Crippen molar-refractivity contribution in [3.05, 3.63) is 60.2 Å². The van der Waals surface area contributed by atoms with Gasteiger partial charge in [0, 0.05) is 17.9 Å². The Bertz CT molecular complexity index is 594. The smallest absolute Gasteiger partial charge is 0.308 e. The number of benzene rings is 2. The van der Waals surface area contributed by atoms with Gasteiger partial charge in [-0.15, -0.1) is 0 Å². The van der Waals surface area contributed by atoms with Gasteiger partial charge < -0.3 is 10.6 Å². The van der Waals surface area contributed by atoms with Gasteiger partial charge in [-0.05, 0) is 36.9 Å². The van der Waals surface area contributed by atoms with Crippen LogP contribution in [0.25, 0.3) is 0 Å². The Morgan fingerprint density at radius 3 is 2.23 bits per heavy atom. The predicted molar refractivity (Wildman–Crippen MR) is 92.2 cm³/mol.